The molecule has 0 saturated heterocycles. The van der Waals surface area contributed by atoms with Crippen LogP contribution in [0.4, 0.5) is 0 Å². The Labute approximate surface area is 53.8 Å². The average molecular weight is 131 g/mol. The summed E-state index contributed by atoms with van der Waals surface area (Å²) in [7, 11) is 0. The molecule has 0 bridgehead atoms. The summed E-state index contributed by atoms with van der Waals surface area (Å²) in [5, 5.41) is 0. The second-order valence-corrected chi connectivity index (χ2v) is 2.04. The molecule has 0 spiro atoms. The summed E-state index contributed by atoms with van der Waals surface area (Å²) in [5.41, 5.74) is 9.81. The van der Waals surface area contributed by atoms with Gasteiger partial charge in [0.1, 0.15) is 0 Å². The van der Waals surface area contributed by atoms with Gasteiger partial charge in [0.05, 0.1) is 5.49 Å². The molecule has 1 rings (SSSR count). The molecule has 1 saturated carbocycles. The highest BCUT2D eigenvalue weighted by molar-refractivity contribution is 7.78. The highest BCUT2D eigenvalue weighted by atomic mass is 32.1. The first kappa shape index (κ1) is 5.94. The van der Waals surface area contributed by atoms with E-state index in [0.29, 0.717) is 6.04 Å². The zero-order valence-corrected chi connectivity index (χ0v) is 5.29. The first-order valence-electron chi connectivity index (χ1n) is 2.63. The maximum atomic E-state index is 4.49. The van der Waals surface area contributed by atoms with Gasteiger partial charge in [-0.25, -0.2) is 5.43 Å². The summed E-state index contributed by atoms with van der Waals surface area (Å²) in [6.45, 7) is 0. The zero-order valence-electron chi connectivity index (χ0n) is 4.48. The molecule has 0 unspecified atom stereocenters. The first-order chi connectivity index (χ1) is 3.93. The predicted molar refractivity (Wildman–Crippen MR) is 36.1 cm³/mol. The van der Waals surface area contributed by atoms with Crippen LogP contribution in [0, 0.1) is 0 Å². The first-order valence-corrected chi connectivity index (χ1v) is 3.10. The Morgan fingerprint density at radius 3 is 2.75 bits per heavy atom. The molecule has 0 aromatic rings. The summed E-state index contributed by atoms with van der Waals surface area (Å²) in [6, 6.07) is 0.664. The van der Waals surface area contributed by atoms with Crippen LogP contribution in [-0.4, -0.2) is 11.5 Å². The van der Waals surface area contributed by atoms with E-state index in [0.717, 1.165) is 0 Å². The number of rotatable bonds is 4. The third kappa shape index (κ3) is 2.20. The van der Waals surface area contributed by atoms with Crippen molar-refractivity contribution in [1.82, 2.24) is 16.4 Å². The fourth-order valence-corrected chi connectivity index (χ4v) is 0.460. The summed E-state index contributed by atoms with van der Waals surface area (Å²) >= 11 is 4.49. The van der Waals surface area contributed by atoms with Gasteiger partial charge in [-0.15, -0.1) is 0 Å². The average Bonchev–Trinajstić information content (AvgIpc) is 2.51. The molecule has 0 aromatic carbocycles. The van der Waals surface area contributed by atoms with Gasteiger partial charge < -0.3 is 5.43 Å². The van der Waals surface area contributed by atoms with E-state index in [2.05, 4.69) is 28.6 Å². The van der Waals surface area contributed by atoms with Gasteiger partial charge in [0, 0.05) is 6.04 Å². The standard InChI is InChI=1S/C4H9N3S/c8-3-5-7-6-4-1-2-4/h3-4,6-7H,1-2H2,(H,5,8). The molecule has 0 radical (unpaired) electrons. The minimum absolute atomic E-state index is 0.664. The molecule has 8 heavy (non-hydrogen) atoms. The minimum Gasteiger partial charge on any atom is -0.305 e. The van der Waals surface area contributed by atoms with E-state index < -0.39 is 0 Å². The van der Waals surface area contributed by atoms with Gasteiger partial charge in [-0.3, -0.25) is 0 Å². The molecule has 1 aliphatic rings. The zero-order chi connectivity index (χ0) is 5.82. The Morgan fingerprint density at radius 1 is 1.50 bits per heavy atom. The van der Waals surface area contributed by atoms with Crippen molar-refractivity contribution in [2.24, 2.45) is 0 Å². The summed E-state index contributed by atoms with van der Waals surface area (Å²) in [5.74, 6) is 0. The van der Waals surface area contributed by atoms with Gasteiger partial charge in [-0.05, 0) is 12.8 Å². The van der Waals surface area contributed by atoms with Crippen molar-refractivity contribution in [2.45, 2.75) is 18.9 Å². The molecule has 46 valence electrons. The van der Waals surface area contributed by atoms with Crippen molar-refractivity contribution in [3.8, 4) is 0 Å². The lowest BCUT2D eigenvalue weighted by Gasteiger charge is -2.01. The molecular formula is C4H9N3S. The summed E-state index contributed by atoms with van der Waals surface area (Å²) in [6.07, 6.45) is 2.54. The van der Waals surface area contributed by atoms with E-state index in [9.17, 15) is 0 Å². The van der Waals surface area contributed by atoms with E-state index >= 15 is 0 Å². The lowest BCUT2D eigenvalue weighted by Crippen LogP contribution is -2.43. The normalized spacial score (nSPS) is 18.0. The van der Waals surface area contributed by atoms with Crippen LogP contribution >= 0.6 is 12.2 Å². The smallest absolute Gasteiger partial charge is 0.0769 e. The third-order valence-corrected chi connectivity index (χ3v) is 1.10. The van der Waals surface area contributed by atoms with Gasteiger partial charge in [0.25, 0.3) is 0 Å². The maximum absolute atomic E-state index is 4.49. The predicted octanol–water partition coefficient (Wildman–Crippen LogP) is -0.295. The SMILES string of the molecule is S=CNNNC1CC1. The molecular weight excluding hydrogens is 122 g/mol. The number of hydrazine groups is 2. The van der Waals surface area contributed by atoms with Crippen molar-refractivity contribution >= 4 is 17.7 Å². The van der Waals surface area contributed by atoms with Gasteiger partial charge in [-0.2, -0.15) is 5.53 Å². The van der Waals surface area contributed by atoms with E-state index in [1.54, 1.807) is 0 Å². The number of hydrogen-bond acceptors (Lipinski definition) is 3. The summed E-state index contributed by atoms with van der Waals surface area (Å²) < 4.78 is 0. The molecule has 0 aromatic heterocycles. The molecule has 0 aliphatic heterocycles. The summed E-state index contributed by atoms with van der Waals surface area (Å²) in [4.78, 5) is 0. The molecule has 4 heteroatoms. The van der Waals surface area contributed by atoms with Crippen LogP contribution in [0.1, 0.15) is 12.8 Å². The highest BCUT2D eigenvalue weighted by Gasteiger charge is 2.19. The highest BCUT2D eigenvalue weighted by Crippen LogP contribution is 2.16. The molecule has 3 nitrogen and oxygen atoms in total. The molecule has 0 amide bonds. The molecule has 3 N–H and O–H groups in total. The lowest BCUT2D eigenvalue weighted by atomic mass is 10.8. The van der Waals surface area contributed by atoms with E-state index in [1.807, 2.05) is 0 Å². The van der Waals surface area contributed by atoms with Crippen molar-refractivity contribution in [1.29, 1.82) is 0 Å². The molecule has 0 atom stereocenters. The number of nitrogens with one attached hydrogen (secondary N) is 3. The van der Waals surface area contributed by atoms with Crippen LogP contribution in [0.25, 0.3) is 0 Å². The van der Waals surface area contributed by atoms with Gasteiger partial charge >= 0.3 is 0 Å². The van der Waals surface area contributed by atoms with Crippen molar-refractivity contribution in [2.75, 3.05) is 0 Å². The molecule has 1 aliphatic carbocycles. The third-order valence-electron chi connectivity index (χ3n) is 0.985. The van der Waals surface area contributed by atoms with E-state index in [1.165, 1.54) is 18.3 Å². The maximum Gasteiger partial charge on any atom is 0.0769 e. The molecule has 1 fully saturated rings. The lowest BCUT2D eigenvalue weighted by molar-refractivity contribution is 0.506. The van der Waals surface area contributed by atoms with Gasteiger partial charge in [0.2, 0.25) is 0 Å². The van der Waals surface area contributed by atoms with Crippen molar-refractivity contribution in [3.63, 3.8) is 0 Å². The Morgan fingerprint density at radius 2 is 2.25 bits per heavy atom. The van der Waals surface area contributed by atoms with Crippen LogP contribution in [0.15, 0.2) is 0 Å². The Hall–Kier alpha value is -0.190. The Balaban J connectivity index is 1.80. The van der Waals surface area contributed by atoms with E-state index in [-0.39, 0.29) is 0 Å². The molecule has 0 heterocycles. The Kier molecular flexibility index (Phi) is 2.20. The van der Waals surface area contributed by atoms with Gasteiger partial charge in [0.15, 0.2) is 0 Å². The Bertz CT molecular complexity index is 81.4. The minimum atomic E-state index is 0.664. The van der Waals surface area contributed by atoms with Crippen LogP contribution in [0.3, 0.4) is 0 Å². The van der Waals surface area contributed by atoms with Crippen molar-refractivity contribution in [3.05, 3.63) is 0 Å². The quantitative estimate of drug-likeness (QED) is 0.278. The fourth-order valence-electron chi connectivity index (χ4n) is 0.401. The largest absolute Gasteiger partial charge is 0.305 e. The number of hydrogen-bond donors (Lipinski definition) is 3. The number of thiocarbonyl (C=S) groups is 1. The topological polar surface area (TPSA) is 36.1 Å². The second-order valence-electron chi connectivity index (χ2n) is 1.81. The monoisotopic (exact) mass is 131 g/mol. The van der Waals surface area contributed by atoms with Crippen LogP contribution < -0.4 is 16.4 Å². The second kappa shape index (κ2) is 2.96. The fraction of sp³-hybridized carbons (Fsp3) is 0.750. The van der Waals surface area contributed by atoms with Gasteiger partial charge in [-0.1, -0.05) is 12.2 Å². The van der Waals surface area contributed by atoms with Crippen molar-refractivity contribution < 1.29 is 0 Å². The van der Waals surface area contributed by atoms with Crippen LogP contribution in [0.5, 0.6) is 0 Å². The van der Waals surface area contributed by atoms with Crippen LogP contribution in [0.2, 0.25) is 0 Å². The van der Waals surface area contributed by atoms with E-state index in [4.69, 9.17) is 0 Å². The van der Waals surface area contributed by atoms with Crippen LogP contribution in [-0.2, 0) is 0 Å².